The van der Waals surface area contributed by atoms with E-state index < -0.39 is 0 Å². The van der Waals surface area contributed by atoms with E-state index in [1.165, 1.54) is 18.5 Å². The Morgan fingerprint density at radius 1 is 1.33 bits per heavy atom. The van der Waals surface area contributed by atoms with E-state index in [0.717, 1.165) is 19.6 Å². The minimum atomic E-state index is 0.340. The summed E-state index contributed by atoms with van der Waals surface area (Å²) < 4.78 is 2.03. The van der Waals surface area contributed by atoms with Crippen molar-refractivity contribution in [2.75, 3.05) is 13.1 Å². The minimum absolute atomic E-state index is 0.340. The Morgan fingerprint density at radius 2 is 2.00 bits per heavy atom. The standard InChI is InChI=1S/C14H26N4/c1-11(2)18-9-6-14(16-18)10-17-7-4-13(5-8-17)12(3)15/h6,9,11-13H,4-5,7-8,10,15H2,1-3H3. The van der Waals surface area contributed by atoms with Crippen LogP contribution in [0.4, 0.5) is 0 Å². The Hall–Kier alpha value is -0.870. The molecule has 0 saturated carbocycles. The van der Waals surface area contributed by atoms with Crippen LogP contribution in [0.25, 0.3) is 0 Å². The molecule has 1 atom stereocenters. The van der Waals surface area contributed by atoms with Gasteiger partial charge in [0.25, 0.3) is 0 Å². The van der Waals surface area contributed by atoms with Crippen LogP contribution in [0.5, 0.6) is 0 Å². The molecule has 0 aromatic carbocycles. The van der Waals surface area contributed by atoms with Crippen LogP contribution in [0, 0.1) is 5.92 Å². The molecule has 0 spiro atoms. The first-order valence-electron chi connectivity index (χ1n) is 7.08. The molecule has 0 aliphatic carbocycles. The third kappa shape index (κ3) is 3.33. The molecule has 0 bridgehead atoms. The molecule has 4 heteroatoms. The second kappa shape index (κ2) is 5.85. The van der Waals surface area contributed by atoms with Crippen LogP contribution in [0.3, 0.4) is 0 Å². The molecule has 0 radical (unpaired) electrons. The quantitative estimate of drug-likeness (QED) is 0.889. The fourth-order valence-electron chi connectivity index (χ4n) is 2.62. The predicted molar refractivity (Wildman–Crippen MR) is 74.3 cm³/mol. The molecule has 1 fully saturated rings. The summed E-state index contributed by atoms with van der Waals surface area (Å²) >= 11 is 0. The summed E-state index contributed by atoms with van der Waals surface area (Å²) in [6.07, 6.45) is 4.53. The fourth-order valence-corrected chi connectivity index (χ4v) is 2.62. The lowest BCUT2D eigenvalue weighted by molar-refractivity contribution is 0.164. The Balaban J connectivity index is 1.84. The molecule has 2 rings (SSSR count). The van der Waals surface area contributed by atoms with E-state index in [1.807, 2.05) is 4.68 Å². The van der Waals surface area contributed by atoms with Gasteiger partial charge in [0.15, 0.2) is 0 Å². The number of nitrogens with zero attached hydrogens (tertiary/aromatic N) is 3. The zero-order chi connectivity index (χ0) is 13.1. The van der Waals surface area contributed by atoms with Crippen LogP contribution in [0.2, 0.25) is 0 Å². The lowest BCUT2D eigenvalue weighted by atomic mass is 9.91. The summed E-state index contributed by atoms with van der Waals surface area (Å²) in [7, 11) is 0. The molecule has 1 unspecified atom stereocenters. The number of hydrogen-bond donors (Lipinski definition) is 1. The highest BCUT2D eigenvalue weighted by Gasteiger charge is 2.22. The van der Waals surface area contributed by atoms with E-state index in [2.05, 4.69) is 43.0 Å². The van der Waals surface area contributed by atoms with Gasteiger partial charge in [0.2, 0.25) is 0 Å². The molecule has 102 valence electrons. The second-order valence-electron chi connectivity index (χ2n) is 5.85. The van der Waals surface area contributed by atoms with Gasteiger partial charge in [0.1, 0.15) is 0 Å². The second-order valence-corrected chi connectivity index (χ2v) is 5.85. The number of likely N-dealkylation sites (tertiary alicyclic amines) is 1. The summed E-state index contributed by atoms with van der Waals surface area (Å²) in [4.78, 5) is 2.49. The van der Waals surface area contributed by atoms with Crippen LogP contribution in [-0.2, 0) is 6.54 Å². The van der Waals surface area contributed by atoms with Gasteiger partial charge in [-0.2, -0.15) is 5.10 Å². The van der Waals surface area contributed by atoms with E-state index in [-0.39, 0.29) is 0 Å². The van der Waals surface area contributed by atoms with Crippen molar-refractivity contribution in [2.45, 2.75) is 52.2 Å². The van der Waals surface area contributed by atoms with E-state index in [0.29, 0.717) is 18.0 Å². The number of nitrogens with two attached hydrogens (primary N) is 1. The van der Waals surface area contributed by atoms with Crippen molar-refractivity contribution in [1.82, 2.24) is 14.7 Å². The molecule has 1 aromatic rings. The van der Waals surface area contributed by atoms with Crippen LogP contribution < -0.4 is 5.73 Å². The number of rotatable bonds is 4. The van der Waals surface area contributed by atoms with Crippen LogP contribution in [-0.4, -0.2) is 33.8 Å². The lowest BCUT2D eigenvalue weighted by Crippen LogP contribution is -2.39. The molecule has 1 aliphatic rings. The van der Waals surface area contributed by atoms with Gasteiger partial charge in [-0.3, -0.25) is 9.58 Å². The molecule has 1 aliphatic heterocycles. The summed E-state index contributed by atoms with van der Waals surface area (Å²) in [5.74, 6) is 0.703. The van der Waals surface area contributed by atoms with Gasteiger partial charge in [-0.1, -0.05) is 0 Å². The Labute approximate surface area is 110 Å². The smallest absolute Gasteiger partial charge is 0.0764 e. The monoisotopic (exact) mass is 250 g/mol. The molecule has 18 heavy (non-hydrogen) atoms. The lowest BCUT2D eigenvalue weighted by Gasteiger charge is -2.33. The topological polar surface area (TPSA) is 47.1 Å². The van der Waals surface area contributed by atoms with Crippen molar-refractivity contribution in [3.05, 3.63) is 18.0 Å². The zero-order valence-electron chi connectivity index (χ0n) is 11.8. The van der Waals surface area contributed by atoms with Crippen molar-refractivity contribution >= 4 is 0 Å². The maximum atomic E-state index is 5.97. The van der Waals surface area contributed by atoms with E-state index in [9.17, 15) is 0 Å². The van der Waals surface area contributed by atoms with Crippen molar-refractivity contribution in [1.29, 1.82) is 0 Å². The maximum Gasteiger partial charge on any atom is 0.0764 e. The third-order valence-electron chi connectivity index (χ3n) is 3.95. The highest BCUT2D eigenvalue weighted by molar-refractivity contribution is 5.00. The third-order valence-corrected chi connectivity index (χ3v) is 3.95. The first-order valence-corrected chi connectivity index (χ1v) is 7.08. The SMILES string of the molecule is CC(N)C1CCN(Cc2ccn(C(C)C)n2)CC1. The maximum absolute atomic E-state index is 5.97. The average Bonchev–Trinajstić information content (AvgIpc) is 2.78. The molecular weight excluding hydrogens is 224 g/mol. The van der Waals surface area contributed by atoms with Gasteiger partial charge >= 0.3 is 0 Å². The molecule has 1 saturated heterocycles. The average molecular weight is 250 g/mol. The van der Waals surface area contributed by atoms with Crippen LogP contribution in [0.1, 0.15) is 45.3 Å². The first kappa shape index (κ1) is 13.6. The van der Waals surface area contributed by atoms with Gasteiger partial charge < -0.3 is 5.73 Å². The molecule has 2 heterocycles. The van der Waals surface area contributed by atoms with Crippen molar-refractivity contribution in [3.63, 3.8) is 0 Å². The van der Waals surface area contributed by atoms with Crippen molar-refractivity contribution in [3.8, 4) is 0 Å². The Morgan fingerprint density at radius 3 is 2.50 bits per heavy atom. The van der Waals surface area contributed by atoms with Gasteiger partial charge in [-0.05, 0) is 58.7 Å². The summed E-state index contributed by atoms with van der Waals surface area (Å²) in [6.45, 7) is 9.73. The first-order chi connectivity index (χ1) is 8.56. The number of hydrogen-bond acceptors (Lipinski definition) is 3. The van der Waals surface area contributed by atoms with E-state index in [4.69, 9.17) is 5.73 Å². The molecule has 0 amide bonds. The van der Waals surface area contributed by atoms with E-state index in [1.54, 1.807) is 0 Å². The van der Waals surface area contributed by atoms with Gasteiger partial charge in [-0.15, -0.1) is 0 Å². The van der Waals surface area contributed by atoms with E-state index >= 15 is 0 Å². The van der Waals surface area contributed by atoms with Gasteiger partial charge in [0, 0.05) is 24.8 Å². The van der Waals surface area contributed by atoms with Crippen molar-refractivity contribution < 1.29 is 0 Å². The summed E-state index contributed by atoms with van der Waals surface area (Å²) in [6, 6.07) is 2.92. The summed E-state index contributed by atoms with van der Waals surface area (Å²) in [5, 5.41) is 4.61. The minimum Gasteiger partial charge on any atom is -0.328 e. The highest BCUT2D eigenvalue weighted by Crippen LogP contribution is 2.20. The summed E-state index contributed by atoms with van der Waals surface area (Å²) in [5.41, 5.74) is 7.15. The molecule has 4 nitrogen and oxygen atoms in total. The van der Waals surface area contributed by atoms with Gasteiger partial charge in [0.05, 0.1) is 5.69 Å². The van der Waals surface area contributed by atoms with Gasteiger partial charge in [-0.25, -0.2) is 0 Å². The molecular formula is C14H26N4. The van der Waals surface area contributed by atoms with Crippen molar-refractivity contribution in [2.24, 2.45) is 11.7 Å². The van der Waals surface area contributed by atoms with Crippen LogP contribution in [0.15, 0.2) is 12.3 Å². The number of piperidine rings is 1. The highest BCUT2D eigenvalue weighted by atomic mass is 15.3. The predicted octanol–water partition coefficient (Wildman–Crippen LogP) is 2.02. The van der Waals surface area contributed by atoms with Crippen LogP contribution >= 0.6 is 0 Å². The fraction of sp³-hybridized carbons (Fsp3) is 0.786. The normalized spacial score (nSPS) is 20.5. The Kier molecular flexibility index (Phi) is 4.40. The molecule has 1 aromatic heterocycles. The zero-order valence-corrected chi connectivity index (χ0v) is 11.8. The number of aromatic nitrogens is 2. The Bertz CT molecular complexity index is 362. The largest absolute Gasteiger partial charge is 0.328 e. The molecule has 2 N–H and O–H groups in total.